The lowest BCUT2D eigenvalue weighted by Crippen LogP contribution is -2.25. The van der Waals surface area contributed by atoms with E-state index in [2.05, 4.69) is 28.9 Å². The van der Waals surface area contributed by atoms with E-state index in [1.54, 1.807) is 18.2 Å². The maximum Gasteiger partial charge on any atom is 0.259 e. The summed E-state index contributed by atoms with van der Waals surface area (Å²) in [5.74, 6) is 1.10. The Hall–Kier alpha value is -1.59. The molecule has 0 saturated carbocycles. The number of nitrogens with zero attached hydrogens (tertiary/aromatic N) is 3. The van der Waals surface area contributed by atoms with Gasteiger partial charge in [0.05, 0.1) is 10.6 Å². The predicted molar refractivity (Wildman–Crippen MR) is 80.6 cm³/mol. The zero-order chi connectivity index (χ0) is 14.5. The fourth-order valence-electron chi connectivity index (χ4n) is 1.97. The standard InChI is InChI=1S/C14H19ClN4O/c1-3-19(4-2)8-7-13-17-14(20-18-13)11-9-10(16)5-6-12(11)15/h5-6,9H,3-4,7-8,16H2,1-2H3. The van der Waals surface area contributed by atoms with Crippen molar-refractivity contribution in [3.8, 4) is 11.5 Å². The normalized spacial score (nSPS) is 11.2. The van der Waals surface area contributed by atoms with Gasteiger partial charge in [0.2, 0.25) is 0 Å². The summed E-state index contributed by atoms with van der Waals surface area (Å²) in [5, 5.41) is 4.55. The van der Waals surface area contributed by atoms with Crippen molar-refractivity contribution in [2.24, 2.45) is 0 Å². The van der Waals surface area contributed by atoms with Crippen LogP contribution in [0.1, 0.15) is 19.7 Å². The third-order valence-corrected chi connectivity index (χ3v) is 3.56. The van der Waals surface area contributed by atoms with Gasteiger partial charge in [-0.05, 0) is 31.3 Å². The number of anilines is 1. The molecule has 0 bridgehead atoms. The Kier molecular flexibility index (Phi) is 4.98. The van der Waals surface area contributed by atoms with Gasteiger partial charge in [-0.25, -0.2) is 0 Å². The highest BCUT2D eigenvalue weighted by Gasteiger charge is 2.13. The number of hydrogen-bond acceptors (Lipinski definition) is 5. The van der Waals surface area contributed by atoms with Crippen molar-refractivity contribution in [3.63, 3.8) is 0 Å². The van der Waals surface area contributed by atoms with Crippen molar-refractivity contribution in [2.45, 2.75) is 20.3 Å². The molecule has 0 unspecified atom stereocenters. The molecule has 1 aromatic carbocycles. The Morgan fingerprint density at radius 1 is 1.30 bits per heavy atom. The van der Waals surface area contributed by atoms with Crippen LogP contribution in [0.3, 0.4) is 0 Å². The summed E-state index contributed by atoms with van der Waals surface area (Å²) in [4.78, 5) is 6.69. The Morgan fingerprint density at radius 3 is 2.75 bits per heavy atom. The first-order valence-corrected chi connectivity index (χ1v) is 7.12. The van der Waals surface area contributed by atoms with E-state index in [1.807, 2.05) is 0 Å². The molecule has 0 radical (unpaired) electrons. The van der Waals surface area contributed by atoms with Crippen molar-refractivity contribution in [1.82, 2.24) is 15.0 Å². The van der Waals surface area contributed by atoms with E-state index in [1.165, 1.54) is 0 Å². The van der Waals surface area contributed by atoms with Crippen LogP contribution in [-0.4, -0.2) is 34.7 Å². The lowest BCUT2D eigenvalue weighted by Gasteiger charge is -2.16. The van der Waals surface area contributed by atoms with Crippen LogP contribution < -0.4 is 5.73 Å². The number of aromatic nitrogens is 2. The van der Waals surface area contributed by atoms with E-state index in [9.17, 15) is 0 Å². The minimum Gasteiger partial charge on any atom is -0.399 e. The molecule has 0 saturated heterocycles. The molecular weight excluding hydrogens is 276 g/mol. The summed E-state index contributed by atoms with van der Waals surface area (Å²) in [6.45, 7) is 7.22. The van der Waals surface area contributed by atoms with Crippen molar-refractivity contribution >= 4 is 17.3 Å². The fraction of sp³-hybridized carbons (Fsp3) is 0.429. The summed E-state index contributed by atoms with van der Waals surface area (Å²) in [6.07, 6.45) is 0.755. The largest absolute Gasteiger partial charge is 0.399 e. The van der Waals surface area contributed by atoms with E-state index >= 15 is 0 Å². The third kappa shape index (κ3) is 3.49. The Labute approximate surface area is 123 Å². The zero-order valence-corrected chi connectivity index (χ0v) is 12.5. The second-order valence-electron chi connectivity index (χ2n) is 4.53. The maximum absolute atomic E-state index is 6.12. The van der Waals surface area contributed by atoms with Crippen LogP contribution >= 0.6 is 11.6 Å². The predicted octanol–water partition coefficient (Wildman–Crippen LogP) is 2.86. The first kappa shape index (κ1) is 14.8. The quantitative estimate of drug-likeness (QED) is 0.830. The summed E-state index contributed by atoms with van der Waals surface area (Å²) >= 11 is 6.12. The Bertz CT molecular complexity index is 566. The van der Waals surface area contributed by atoms with Gasteiger partial charge in [0, 0.05) is 18.7 Å². The molecule has 0 aliphatic heterocycles. The fourth-order valence-corrected chi connectivity index (χ4v) is 2.17. The van der Waals surface area contributed by atoms with Crippen LogP contribution in [-0.2, 0) is 6.42 Å². The van der Waals surface area contributed by atoms with Crippen LogP contribution in [0.15, 0.2) is 22.7 Å². The average Bonchev–Trinajstić information content (AvgIpc) is 2.91. The van der Waals surface area contributed by atoms with Gasteiger partial charge in [0.15, 0.2) is 5.82 Å². The average molecular weight is 295 g/mol. The highest BCUT2D eigenvalue weighted by molar-refractivity contribution is 6.33. The second-order valence-corrected chi connectivity index (χ2v) is 4.94. The molecule has 6 heteroatoms. The smallest absolute Gasteiger partial charge is 0.259 e. The van der Waals surface area contributed by atoms with Gasteiger partial charge in [0.25, 0.3) is 5.89 Å². The minimum absolute atomic E-state index is 0.414. The second kappa shape index (κ2) is 6.72. The van der Waals surface area contributed by atoms with E-state index in [4.69, 9.17) is 21.9 Å². The number of halogens is 1. The van der Waals surface area contributed by atoms with Gasteiger partial charge in [0.1, 0.15) is 0 Å². The molecule has 0 atom stereocenters. The molecule has 1 aromatic heterocycles. The lowest BCUT2D eigenvalue weighted by molar-refractivity contribution is 0.303. The number of benzene rings is 1. The number of hydrogen-bond donors (Lipinski definition) is 1. The van der Waals surface area contributed by atoms with Crippen LogP contribution in [0.5, 0.6) is 0 Å². The molecule has 0 amide bonds. The topological polar surface area (TPSA) is 68.2 Å². The zero-order valence-electron chi connectivity index (χ0n) is 11.8. The number of nitrogen functional groups attached to an aromatic ring is 1. The third-order valence-electron chi connectivity index (χ3n) is 3.23. The summed E-state index contributed by atoms with van der Waals surface area (Å²) < 4.78 is 5.27. The first-order chi connectivity index (χ1) is 9.63. The summed E-state index contributed by atoms with van der Waals surface area (Å²) in [6, 6.07) is 5.21. The molecule has 2 aromatic rings. The van der Waals surface area contributed by atoms with E-state index < -0.39 is 0 Å². The molecule has 0 fully saturated rings. The highest BCUT2D eigenvalue weighted by atomic mass is 35.5. The molecule has 0 spiro atoms. The monoisotopic (exact) mass is 294 g/mol. The molecule has 1 heterocycles. The van der Waals surface area contributed by atoms with Crippen LogP contribution in [0.4, 0.5) is 5.69 Å². The SMILES string of the molecule is CCN(CC)CCc1noc(-c2cc(N)ccc2Cl)n1. The summed E-state index contributed by atoms with van der Waals surface area (Å²) in [7, 11) is 0. The molecule has 0 aliphatic carbocycles. The Morgan fingerprint density at radius 2 is 2.05 bits per heavy atom. The number of nitrogens with two attached hydrogens (primary N) is 1. The molecule has 2 rings (SSSR count). The molecule has 5 nitrogen and oxygen atoms in total. The van der Waals surface area contributed by atoms with Gasteiger partial charge in [-0.3, -0.25) is 0 Å². The van der Waals surface area contributed by atoms with E-state index in [-0.39, 0.29) is 0 Å². The molecule has 20 heavy (non-hydrogen) atoms. The molecule has 108 valence electrons. The van der Waals surface area contributed by atoms with Crippen LogP contribution in [0.2, 0.25) is 5.02 Å². The molecule has 2 N–H and O–H groups in total. The number of rotatable bonds is 6. The summed E-state index contributed by atoms with van der Waals surface area (Å²) in [5.41, 5.74) is 7.04. The van der Waals surface area contributed by atoms with Crippen molar-refractivity contribution in [3.05, 3.63) is 29.0 Å². The van der Waals surface area contributed by atoms with Crippen molar-refractivity contribution in [1.29, 1.82) is 0 Å². The maximum atomic E-state index is 6.12. The van der Waals surface area contributed by atoms with E-state index in [0.29, 0.717) is 28.0 Å². The van der Waals surface area contributed by atoms with Gasteiger partial charge in [-0.2, -0.15) is 4.98 Å². The lowest BCUT2D eigenvalue weighted by atomic mass is 10.2. The van der Waals surface area contributed by atoms with Gasteiger partial charge in [-0.1, -0.05) is 30.6 Å². The minimum atomic E-state index is 0.414. The Balaban J connectivity index is 2.10. The first-order valence-electron chi connectivity index (χ1n) is 6.74. The van der Waals surface area contributed by atoms with Crippen LogP contribution in [0, 0.1) is 0 Å². The van der Waals surface area contributed by atoms with Crippen molar-refractivity contribution < 1.29 is 4.52 Å². The van der Waals surface area contributed by atoms with Crippen LogP contribution in [0.25, 0.3) is 11.5 Å². The molecule has 0 aliphatic rings. The van der Waals surface area contributed by atoms with Crippen molar-refractivity contribution in [2.75, 3.05) is 25.4 Å². The molecular formula is C14H19ClN4O. The van der Waals surface area contributed by atoms with Gasteiger partial charge >= 0.3 is 0 Å². The van der Waals surface area contributed by atoms with E-state index in [0.717, 1.165) is 26.1 Å². The number of likely N-dealkylation sites (N-methyl/N-ethyl adjacent to an activating group) is 1. The van der Waals surface area contributed by atoms with Gasteiger partial charge < -0.3 is 15.2 Å². The highest BCUT2D eigenvalue weighted by Crippen LogP contribution is 2.28. The van der Waals surface area contributed by atoms with Gasteiger partial charge in [-0.15, -0.1) is 0 Å².